The van der Waals surface area contributed by atoms with Crippen molar-refractivity contribution in [1.29, 1.82) is 0 Å². The van der Waals surface area contributed by atoms with Gasteiger partial charge in [0, 0.05) is 25.4 Å². The molecule has 0 saturated heterocycles. The van der Waals surface area contributed by atoms with Crippen LogP contribution < -0.4 is 0 Å². The fourth-order valence-corrected chi connectivity index (χ4v) is 2.55. The van der Waals surface area contributed by atoms with Gasteiger partial charge in [-0.3, -0.25) is 4.79 Å². The lowest BCUT2D eigenvalue weighted by molar-refractivity contribution is 0.0766. The fraction of sp³-hybridized carbons (Fsp3) is 0.222. The fourth-order valence-electron chi connectivity index (χ4n) is 2.55. The Morgan fingerprint density at radius 1 is 1.31 bits per heavy atom. The normalized spacial score (nSPS) is 10.8. The van der Waals surface area contributed by atoms with E-state index in [1.165, 1.54) is 28.0 Å². The number of halogens is 1. The number of aliphatic hydroxyl groups excluding tert-OH is 1. The molecular formula is C18H18FN5O2. The van der Waals surface area contributed by atoms with Gasteiger partial charge in [0.1, 0.15) is 5.82 Å². The molecule has 0 aliphatic rings. The van der Waals surface area contributed by atoms with E-state index in [-0.39, 0.29) is 30.8 Å². The number of carbonyl (C=O) groups is 1. The second kappa shape index (κ2) is 7.40. The molecule has 0 unspecified atom stereocenters. The van der Waals surface area contributed by atoms with E-state index in [2.05, 4.69) is 15.1 Å². The summed E-state index contributed by atoms with van der Waals surface area (Å²) < 4.78 is 15.4. The molecule has 2 heterocycles. The number of benzene rings is 1. The van der Waals surface area contributed by atoms with Crippen molar-refractivity contribution in [2.75, 3.05) is 20.2 Å². The summed E-state index contributed by atoms with van der Waals surface area (Å²) in [5.41, 5.74) is 1.74. The van der Waals surface area contributed by atoms with E-state index in [0.29, 0.717) is 22.5 Å². The summed E-state index contributed by atoms with van der Waals surface area (Å²) in [6, 6.07) is 7.95. The Hall–Kier alpha value is -3.13. The van der Waals surface area contributed by atoms with Crippen LogP contribution in [0.4, 0.5) is 4.39 Å². The van der Waals surface area contributed by atoms with Crippen LogP contribution in [-0.2, 0) is 0 Å². The zero-order valence-electron chi connectivity index (χ0n) is 14.4. The SMILES string of the molecule is Cc1c(C(=O)N(C)CCO)cnn1-c1nccc(-c2ccccc2F)n1. The molecule has 2 aromatic heterocycles. The third-order valence-corrected chi connectivity index (χ3v) is 4.00. The molecule has 0 saturated carbocycles. The Bertz CT molecular complexity index is 941. The van der Waals surface area contributed by atoms with E-state index in [9.17, 15) is 9.18 Å². The zero-order valence-corrected chi connectivity index (χ0v) is 14.4. The van der Waals surface area contributed by atoms with Gasteiger partial charge in [-0.25, -0.2) is 19.0 Å². The van der Waals surface area contributed by atoms with Crippen molar-refractivity contribution in [1.82, 2.24) is 24.6 Å². The van der Waals surface area contributed by atoms with Crippen LogP contribution in [0.15, 0.2) is 42.7 Å². The second-order valence-electron chi connectivity index (χ2n) is 5.73. The first-order chi connectivity index (χ1) is 12.5. The highest BCUT2D eigenvalue weighted by atomic mass is 19.1. The standard InChI is InChI=1S/C18H18FN5O2/c1-12-14(17(26)23(2)9-10-25)11-21-24(12)18-20-8-7-16(22-18)13-5-3-4-6-15(13)19/h3-8,11,25H,9-10H2,1-2H3. The summed E-state index contributed by atoms with van der Waals surface area (Å²) in [6.45, 7) is 1.83. The molecule has 3 aromatic rings. The number of hydrogen-bond acceptors (Lipinski definition) is 5. The van der Waals surface area contributed by atoms with Crippen LogP contribution in [0.5, 0.6) is 0 Å². The molecule has 0 aliphatic carbocycles. The highest BCUT2D eigenvalue weighted by molar-refractivity contribution is 5.95. The third kappa shape index (κ3) is 3.31. The smallest absolute Gasteiger partial charge is 0.257 e. The van der Waals surface area contributed by atoms with Gasteiger partial charge in [0.15, 0.2) is 0 Å². The van der Waals surface area contributed by atoms with E-state index in [4.69, 9.17) is 5.11 Å². The lowest BCUT2D eigenvalue weighted by Gasteiger charge is -2.15. The molecule has 0 aliphatic heterocycles. The number of hydrogen-bond donors (Lipinski definition) is 1. The van der Waals surface area contributed by atoms with Gasteiger partial charge in [0.2, 0.25) is 0 Å². The van der Waals surface area contributed by atoms with E-state index < -0.39 is 0 Å². The maximum atomic E-state index is 14.0. The Labute approximate surface area is 149 Å². The predicted molar refractivity (Wildman–Crippen MR) is 93.3 cm³/mol. The molecular weight excluding hydrogens is 337 g/mol. The average molecular weight is 355 g/mol. The molecule has 7 nitrogen and oxygen atoms in total. The summed E-state index contributed by atoms with van der Waals surface area (Å²) >= 11 is 0. The highest BCUT2D eigenvalue weighted by Gasteiger charge is 2.19. The second-order valence-corrected chi connectivity index (χ2v) is 5.73. The van der Waals surface area contributed by atoms with Crippen LogP contribution in [0.2, 0.25) is 0 Å². The zero-order chi connectivity index (χ0) is 18.7. The number of likely N-dealkylation sites (N-methyl/N-ethyl adjacent to an activating group) is 1. The summed E-state index contributed by atoms with van der Waals surface area (Å²) in [5.74, 6) is -0.393. The van der Waals surface area contributed by atoms with Gasteiger partial charge in [0.25, 0.3) is 11.9 Å². The van der Waals surface area contributed by atoms with Crippen molar-refractivity contribution < 1.29 is 14.3 Å². The molecule has 0 atom stereocenters. The van der Waals surface area contributed by atoms with Crippen LogP contribution in [-0.4, -0.2) is 55.9 Å². The summed E-state index contributed by atoms with van der Waals surface area (Å²) in [7, 11) is 1.60. The maximum Gasteiger partial charge on any atom is 0.257 e. The van der Waals surface area contributed by atoms with E-state index in [1.54, 1.807) is 38.2 Å². The number of amides is 1. The molecule has 26 heavy (non-hydrogen) atoms. The Balaban J connectivity index is 1.97. The third-order valence-electron chi connectivity index (χ3n) is 4.00. The minimum absolute atomic E-state index is 0.122. The molecule has 134 valence electrons. The number of carbonyl (C=O) groups excluding carboxylic acids is 1. The lowest BCUT2D eigenvalue weighted by Crippen LogP contribution is -2.29. The van der Waals surface area contributed by atoms with Gasteiger partial charge in [-0.05, 0) is 25.1 Å². The first-order valence-electron chi connectivity index (χ1n) is 8.02. The van der Waals surface area contributed by atoms with Crippen molar-refractivity contribution in [2.24, 2.45) is 0 Å². The van der Waals surface area contributed by atoms with E-state index in [0.717, 1.165) is 0 Å². The van der Waals surface area contributed by atoms with E-state index in [1.807, 2.05) is 0 Å². The number of aromatic nitrogens is 4. The first kappa shape index (κ1) is 17.7. The minimum atomic E-state index is -0.379. The Kier molecular flexibility index (Phi) is 5.04. The Morgan fingerprint density at radius 3 is 2.81 bits per heavy atom. The molecule has 1 amide bonds. The van der Waals surface area contributed by atoms with Crippen molar-refractivity contribution in [3.63, 3.8) is 0 Å². The molecule has 0 radical (unpaired) electrons. The average Bonchev–Trinajstić information content (AvgIpc) is 3.03. The van der Waals surface area contributed by atoms with Crippen LogP contribution >= 0.6 is 0 Å². The molecule has 0 fully saturated rings. The van der Waals surface area contributed by atoms with Crippen LogP contribution in [0.1, 0.15) is 16.1 Å². The molecule has 0 bridgehead atoms. The number of aliphatic hydroxyl groups is 1. The quantitative estimate of drug-likeness (QED) is 0.755. The van der Waals surface area contributed by atoms with Gasteiger partial charge >= 0.3 is 0 Å². The predicted octanol–water partition coefficient (Wildman–Crippen LogP) is 1.84. The maximum absolute atomic E-state index is 14.0. The van der Waals surface area contributed by atoms with Crippen molar-refractivity contribution in [3.05, 3.63) is 59.8 Å². The topological polar surface area (TPSA) is 84.1 Å². The van der Waals surface area contributed by atoms with E-state index >= 15 is 0 Å². The van der Waals surface area contributed by atoms with Crippen LogP contribution in [0.25, 0.3) is 17.2 Å². The lowest BCUT2D eigenvalue weighted by atomic mass is 10.1. The van der Waals surface area contributed by atoms with Crippen LogP contribution in [0.3, 0.4) is 0 Å². The summed E-state index contributed by atoms with van der Waals surface area (Å²) in [6.07, 6.45) is 2.95. The van der Waals surface area contributed by atoms with Crippen molar-refractivity contribution >= 4 is 5.91 Å². The number of nitrogens with zero attached hydrogens (tertiary/aromatic N) is 5. The molecule has 8 heteroatoms. The first-order valence-corrected chi connectivity index (χ1v) is 8.02. The molecule has 0 spiro atoms. The van der Waals surface area contributed by atoms with Crippen molar-refractivity contribution in [2.45, 2.75) is 6.92 Å². The monoisotopic (exact) mass is 355 g/mol. The highest BCUT2D eigenvalue weighted by Crippen LogP contribution is 2.21. The minimum Gasteiger partial charge on any atom is -0.395 e. The largest absolute Gasteiger partial charge is 0.395 e. The molecule has 3 rings (SSSR count). The Morgan fingerprint density at radius 2 is 2.08 bits per heavy atom. The van der Waals surface area contributed by atoms with Gasteiger partial charge < -0.3 is 10.0 Å². The molecule has 1 N–H and O–H groups in total. The molecule has 1 aromatic carbocycles. The summed E-state index contributed by atoms with van der Waals surface area (Å²) in [4.78, 5) is 22.4. The van der Waals surface area contributed by atoms with Gasteiger partial charge in [-0.2, -0.15) is 5.10 Å². The van der Waals surface area contributed by atoms with Gasteiger partial charge in [-0.15, -0.1) is 0 Å². The van der Waals surface area contributed by atoms with Crippen molar-refractivity contribution in [3.8, 4) is 17.2 Å². The van der Waals surface area contributed by atoms with Gasteiger partial charge in [-0.1, -0.05) is 12.1 Å². The summed E-state index contributed by atoms with van der Waals surface area (Å²) in [5, 5.41) is 13.2. The number of rotatable bonds is 5. The van der Waals surface area contributed by atoms with Gasteiger partial charge in [0.05, 0.1) is 29.8 Å². The van der Waals surface area contributed by atoms with Crippen LogP contribution in [0, 0.1) is 12.7 Å².